The Morgan fingerprint density at radius 1 is 1.41 bits per heavy atom. The maximum Gasteiger partial charge on any atom is 0.328 e. The van der Waals surface area contributed by atoms with Crippen molar-refractivity contribution < 1.29 is 22.7 Å². The van der Waals surface area contributed by atoms with E-state index in [-0.39, 0.29) is 28.9 Å². The Balaban J connectivity index is 2.38. The fraction of sp³-hybridized carbons (Fsp3) is 0.385. The van der Waals surface area contributed by atoms with Gasteiger partial charge in [0.15, 0.2) is 6.04 Å². The minimum atomic E-state index is -3.99. The summed E-state index contributed by atoms with van der Waals surface area (Å²) in [6, 6.07) is 2.17. The van der Waals surface area contributed by atoms with Crippen LogP contribution in [0, 0.1) is 11.7 Å². The first-order chi connectivity index (χ1) is 10.2. The summed E-state index contributed by atoms with van der Waals surface area (Å²) in [4.78, 5) is 14.9. The lowest BCUT2D eigenvalue weighted by molar-refractivity contribution is -0.138. The van der Waals surface area contributed by atoms with E-state index in [1.165, 1.54) is 6.07 Å². The molecule has 0 fully saturated rings. The molecule has 1 unspecified atom stereocenters. The van der Waals surface area contributed by atoms with Crippen molar-refractivity contribution in [3.05, 3.63) is 24.0 Å². The van der Waals surface area contributed by atoms with Gasteiger partial charge in [-0.05, 0) is 30.5 Å². The number of nitrogens with one attached hydrogen (secondary N) is 2. The Kier molecular flexibility index (Phi) is 4.36. The number of carboxylic acid groups (broad SMARTS) is 1. The number of hydrogen-bond donors (Lipinski definition) is 3. The monoisotopic (exact) mass is 329 g/mol. The Morgan fingerprint density at radius 2 is 2.09 bits per heavy atom. The number of hydrogen-bond acceptors (Lipinski definition) is 4. The number of benzene rings is 1. The van der Waals surface area contributed by atoms with Gasteiger partial charge in [0.1, 0.15) is 10.7 Å². The summed E-state index contributed by atoms with van der Waals surface area (Å²) in [6.45, 7) is 3.68. The molecule has 0 aliphatic carbocycles. The molecule has 1 heterocycles. The number of nitrogens with zero attached hydrogens (tertiary/aromatic N) is 1. The first kappa shape index (κ1) is 16.2. The molecular weight excluding hydrogens is 313 g/mol. The van der Waals surface area contributed by atoms with E-state index in [2.05, 4.69) is 15.0 Å². The smallest absolute Gasteiger partial charge is 0.328 e. The molecule has 7 nitrogen and oxygen atoms in total. The van der Waals surface area contributed by atoms with Crippen LogP contribution in [0.2, 0.25) is 0 Å². The summed E-state index contributed by atoms with van der Waals surface area (Å²) < 4.78 is 39.4. The third-order valence-electron chi connectivity index (χ3n) is 2.98. The molecule has 22 heavy (non-hydrogen) atoms. The van der Waals surface area contributed by atoms with Gasteiger partial charge in [-0.2, -0.15) is 0 Å². The molecule has 1 atom stereocenters. The van der Waals surface area contributed by atoms with Crippen LogP contribution in [-0.2, 0) is 14.8 Å². The first-order valence-corrected chi connectivity index (χ1v) is 8.07. The maximum atomic E-state index is 13.2. The molecule has 0 aromatic heterocycles. The largest absolute Gasteiger partial charge is 0.480 e. The molecule has 0 spiro atoms. The van der Waals surface area contributed by atoms with Gasteiger partial charge in [-0.25, -0.2) is 27.3 Å². The van der Waals surface area contributed by atoms with Crippen molar-refractivity contribution >= 4 is 27.6 Å². The van der Waals surface area contributed by atoms with E-state index in [9.17, 15) is 17.6 Å². The third-order valence-corrected chi connectivity index (χ3v) is 4.36. The van der Waals surface area contributed by atoms with E-state index in [0.717, 1.165) is 12.1 Å². The van der Waals surface area contributed by atoms with E-state index in [1.807, 2.05) is 13.8 Å². The summed E-state index contributed by atoms with van der Waals surface area (Å²) >= 11 is 0. The van der Waals surface area contributed by atoms with Gasteiger partial charge >= 0.3 is 5.97 Å². The molecule has 0 amide bonds. The average Bonchev–Trinajstić information content (AvgIpc) is 2.38. The lowest BCUT2D eigenvalue weighted by atomic mass is 10.0. The van der Waals surface area contributed by atoms with Crippen LogP contribution in [-0.4, -0.2) is 31.5 Å². The molecule has 0 radical (unpaired) electrons. The number of aliphatic carboxylic acids is 1. The SMILES string of the molecule is CC(C)CC(N=C1Nc2ccc(F)cc2S(=O)(=O)N1)C(=O)O. The highest BCUT2D eigenvalue weighted by atomic mass is 32.2. The highest BCUT2D eigenvalue weighted by molar-refractivity contribution is 7.90. The topological polar surface area (TPSA) is 108 Å². The number of guanidine groups is 1. The molecule has 120 valence electrons. The van der Waals surface area contributed by atoms with E-state index < -0.39 is 27.9 Å². The molecule has 0 saturated carbocycles. The van der Waals surface area contributed by atoms with Crippen molar-refractivity contribution in [2.24, 2.45) is 10.9 Å². The van der Waals surface area contributed by atoms with Crippen LogP contribution in [0.4, 0.5) is 10.1 Å². The lowest BCUT2D eigenvalue weighted by Gasteiger charge is -2.22. The van der Waals surface area contributed by atoms with Crippen LogP contribution in [0.3, 0.4) is 0 Å². The fourth-order valence-electron chi connectivity index (χ4n) is 2.03. The van der Waals surface area contributed by atoms with Gasteiger partial charge in [0.25, 0.3) is 10.0 Å². The molecule has 2 rings (SSSR count). The third kappa shape index (κ3) is 3.53. The second-order valence-corrected chi connectivity index (χ2v) is 6.98. The number of halogens is 1. The minimum absolute atomic E-state index is 0.0760. The Hall–Kier alpha value is -2.16. The van der Waals surface area contributed by atoms with Crippen LogP contribution >= 0.6 is 0 Å². The second-order valence-electron chi connectivity index (χ2n) is 5.33. The van der Waals surface area contributed by atoms with Gasteiger partial charge in [0, 0.05) is 0 Å². The number of sulfonamides is 1. The van der Waals surface area contributed by atoms with Crippen molar-refractivity contribution in [3.63, 3.8) is 0 Å². The summed E-state index contributed by atoms with van der Waals surface area (Å²) in [5.41, 5.74) is 0.146. The minimum Gasteiger partial charge on any atom is -0.480 e. The molecule has 1 aromatic carbocycles. The van der Waals surface area contributed by atoms with Crippen LogP contribution < -0.4 is 10.0 Å². The van der Waals surface area contributed by atoms with Crippen molar-refractivity contribution in [1.29, 1.82) is 0 Å². The van der Waals surface area contributed by atoms with Crippen LogP contribution in [0.15, 0.2) is 28.1 Å². The Labute approximate surface area is 127 Å². The van der Waals surface area contributed by atoms with Gasteiger partial charge in [0.2, 0.25) is 5.96 Å². The zero-order valence-corrected chi connectivity index (χ0v) is 12.8. The summed E-state index contributed by atoms with van der Waals surface area (Å²) in [5.74, 6) is -1.94. The molecule has 0 saturated heterocycles. The van der Waals surface area contributed by atoms with E-state index in [4.69, 9.17) is 5.11 Å². The average molecular weight is 329 g/mol. The van der Waals surface area contributed by atoms with Gasteiger partial charge < -0.3 is 10.4 Å². The van der Waals surface area contributed by atoms with E-state index in [0.29, 0.717) is 0 Å². The van der Waals surface area contributed by atoms with Crippen molar-refractivity contribution in [1.82, 2.24) is 4.72 Å². The second kappa shape index (κ2) is 5.91. The van der Waals surface area contributed by atoms with Gasteiger partial charge in [-0.1, -0.05) is 13.8 Å². The van der Waals surface area contributed by atoms with Crippen LogP contribution in [0.5, 0.6) is 0 Å². The van der Waals surface area contributed by atoms with Crippen LogP contribution in [0.25, 0.3) is 0 Å². The predicted octanol–water partition coefficient (Wildman–Crippen LogP) is 1.38. The molecule has 1 aromatic rings. The number of carboxylic acids is 1. The Bertz CT molecular complexity index is 731. The van der Waals surface area contributed by atoms with Crippen molar-refractivity contribution in [3.8, 4) is 0 Å². The standard InChI is InChI=1S/C13H16FN3O4S/c1-7(2)5-10(12(18)19)16-13-15-9-4-3-8(14)6-11(9)22(20,21)17-13/h3-4,6-7,10H,5H2,1-2H3,(H,18,19)(H2,15,16,17). The molecule has 3 N–H and O–H groups in total. The number of rotatable bonds is 4. The van der Waals surface area contributed by atoms with Crippen LogP contribution in [0.1, 0.15) is 20.3 Å². The lowest BCUT2D eigenvalue weighted by Crippen LogP contribution is -2.42. The number of aliphatic imine (C=N–C) groups is 1. The fourth-order valence-corrected chi connectivity index (χ4v) is 3.17. The molecular formula is C13H16FN3O4S. The predicted molar refractivity (Wildman–Crippen MR) is 78.7 cm³/mol. The van der Waals surface area contributed by atoms with Crippen molar-refractivity contribution in [2.75, 3.05) is 5.32 Å². The van der Waals surface area contributed by atoms with Gasteiger partial charge in [-0.15, -0.1) is 0 Å². The number of fused-ring (bicyclic) bond motifs is 1. The zero-order chi connectivity index (χ0) is 16.5. The normalized spacial score (nSPS) is 19.2. The van der Waals surface area contributed by atoms with E-state index >= 15 is 0 Å². The zero-order valence-electron chi connectivity index (χ0n) is 12.0. The first-order valence-electron chi connectivity index (χ1n) is 6.59. The maximum absolute atomic E-state index is 13.2. The quantitative estimate of drug-likeness (QED) is 0.773. The number of anilines is 1. The summed E-state index contributed by atoms with van der Waals surface area (Å²) in [7, 11) is -3.99. The molecule has 1 aliphatic rings. The summed E-state index contributed by atoms with van der Waals surface area (Å²) in [6.07, 6.45) is 0.262. The highest BCUT2D eigenvalue weighted by Crippen LogP contribution is 2.25. The van der Waals surface area contributed by atoms with Gasteiger partial charge in [-0.3, -0.25) is 0 Å². The van der Waals surface area contributed by atoms with E-state index in [1.54, 1.807) is 0 Å². The number of carbonyl (C=O) groups is 1. The van der Waals surface area contributed by atoms with Gasteiger partial charge in [0.05, 0.1) is 5.69 Å². The molecule has 0 bridgehead atoms. The molecule has 1 aliphatic heterocycles. The van der Waals surface area contributed by atoms with Crippen molar-refractivity contribution in [2.45, 2.75) is 31.2 Å². The highest BCUT2D eigenvalue weighted by Gasteiger charge is 2.28. The summed E-state index contributed by atoms with van der Waals surface area (Å²) in [5, 5.41) is 11.8. The molecule has 9 heteroatoms. The Morgan fingerprint density at radius 3 is 2.68 bits per heavy atom.